The highest BCUT2D eigenvalue weighted by Crippen LogP contribution is 2.27. The van der Waals surface area contributed by atoms with Crippen LogP contribution in [0.1, 0.15) is 24.9 Å². The molecule has 1 aromatic rings. The van der Waals surface area contributed by atoms with Crippen molar-refractivity contribution < 1.29 is 17.5 Å². The fourth-order valence-corrected chi connectivity index (χ4v) is 3.92. The number of hydrogen-bond donors (Lipinski definition) is 0. The summed E-state index contributed by atoms with van der Waals surface area (Å²) in [5, 5.41) is 0. The van der Waals surface area contributed by atoms with Gasteiger partial charge in [0.1, 0.15) is 5.82 Å². The normalized spacial score (nSPS) is 21.5. The molecular formula is C13H18FNO3S. The molecule has 0 radical (unpaired) electrons. The highest BCUT2D eigenvalue weighted by Gasteiger charge is 2.33. The Morgan fingerprint density at radius 3 is 2.68 bits per heavy atom. The third kappa shape index (κ3) is 3.32. The molecule has 6 heteroatoms. The van der Waals surface area contributed by atoms with E-state index >= 15 is 0 Å². The molecule has 0 amide bonds. The maximum atomic E-state index is 12.9. The lowest BCUT2D eigenvalue weighted by atomic mass is 10.1. The number of morpholine rings is 1. The molecule has 1 aromatic carbocycles. The molecule has 1 aliphatic rings. The van der Waals surface area contributed by atoms with Crippen molar-refractivity contribution in [1.29, 1.82) is 0 Å². The topological polar surface area (TPSA) is 46.6 Å². The van der Waals surface area contributed by atoms with Gasteiger partial charge in [-0.1, -0.05) is 19.1 Å². The average Bonchev–Trinajstić information content (AvgIpc) is 2.39. The average molecular weight is 287 g/mol. The summed E-state index contributed by atoms with van der Waals surface area (Å²) in [7, 11) is -3.28. The molecule has 0 bridgehead atoms. The standard InChI is InChI=1S/C13H18FNO3S/c1-2-9-19(16,17)15-7-8-18-10-13(15)11-3-5-12(14)6-4-11/h3-6,13H,2,7-10H2,1H3. The number of ether oxygens (including phenoxy) is 1. The Hall–Kier alpha value is -0.980. The van der Waals surface area contributed by atoms with Crippen molar-refractivity contribution in [2.75, 3.05) is 25.5 Å². The van der Waals surface area contributed by atoms with E-state index in [9.17, 15) is 12.8 Å². The smallest absolute Gasteiger partial charge is 0.214 e. The van der Waals surface area contributed by atoms with Gasteiger partial charge in [-0.05, 0) is 24.1 Å². The van der Waals surface area contributed by atoms with Gasteiger partial charge < -0.3 is 4.74 Å². The molecule has 1 aliphatic heterocycles. The van der Waals surface area contributed by atoms with E-state index in [0.717, 1.165) is 5.56 Å². The van der Waals surface area contributed by atoms with Gasteiger partial charge in [0.25, 0.3) is 0 Å². The van der Waals surface area contributed by atoms with Gasteiger partial charge in [0.15, 0.2) is 0 Å². The van der Waals surface area contributed by atoms with Gasteiger partial charge in [-0.25, -0.2) is 12.8 Å². The van der Waals surface area contributed by atoms with Gasteiger partial charge in [-0.2, -0.15) is 4.31 Å². The third-order valence-corrected chi connectivity index (χ3v) is 5.23. The fraction of sp³-hybridized carbons (Fsp3) is 0.538. The van der Waals surface area contributed by atoms with E-state index in [-0.39, 0.29) is 17.6 Å². The summed E-state index contributed by atoms with van der Waals surface area (Å²) in [5.74, 6) is -0.200. The van der Waals surface area contributed by atoms with E-state index in [1.807, 2.05) is 6.92 Å². The Morgan fingerprint density at radius 1 is 1.37 bits per heavy atom. The first kappa shape index (κ1) is 14.4. The Bertz CT molecular complexity index is 515. The maximum Gasteiger partial charge on any atom is 0.214 e. The summed E-state index contributed by atoms with van der Waals surface area (Å²) in [6.07, 6.45) is 0.579. The van der Waals surface area contributed by atoms with E-state index in [1.54, 1.807) is 12.1 Å². The first-order valence-electron chi connectivity index (χ1n) is 6.37. The molecule has 0 aromatic heterocycles. The third-order valence-electron chi connectivity index (χ3n) is 3.15. The zero-order valence-corrected chi connectivity index (χ0v) is 11.7. The number of nitrogens with zero attached hydrogens (tertiary/aromatic N) is 1. The molecule has 1 unspecified atom stereocenters. The minimum atomic E-state index is -3.28. The molecule has 1 fully saturated rings. The van der Waals surface area contributed by atoms with Gasteiger partial charge in [-0.15, -0.1) is 0 Å². The zero-order chi connectivity index (χ0) is 13.9. The fourth-order valence-electron chi connectivity index (χ4n) is 2.24. The second kappa shape index (κ2) is 5.98. The Morgan fingerprint density at radius 2 is 2.05 bits per heavy atom. The molecule has 0 spiro atoms. The van der Waals surface area contributed by atoms with Crippen LogP contribution in [-0.4, -0.2) is 38.2 Å². The number of halogens is 1. The van der Waals surface area contributed by atoms with Gasteiger partial charge in [0, 0.05) is 6.54 Å². The van der Waals surface area contributed by atoms with Crippen molar-refractivity contribution in [2.24, 2.45) is 0 Å². The van der Waals surface area contributed by atoms with Gasteiger partial charge in [0.05, 0.1) is 25.0 Å². The van der Waals surface area contributed by atoms with E-state index in [2.05, 4.69) is 0 Å². The second-order valence-corrected chi connectivity index (χ2v) is 6.61. The molecular weight excluding hydrogens is 269 g/mol. The van der Waals surface area contributed by atoms with Crippen molar-refractivity contribution in [1.82, 2.24) is 4.31 Å². The van der Waals surface area contributed by atoms with Gasteiger partial charge >= 0.3 is 0 Å². The maximum absolute atomic E-state index is 12.9. The summed E-state index contributed by atoms with van der Waals surface area (Å²) >= 11 is 0. The summed E-state index contributed by atoms with van der Waals surface area (Å²) in [6, 6.07) is 5.56. The van der Waals surface area contributed by atoms with E-state index in [1.165, 1.54) is 16.4 Å². The molecule has 1 heterocycles. The van der Waals surface area contributed by atoms with Crippen LogP contribution in [-0.2, 0) is 14.8 Å². The Balaban J connectivity index is 2.28. The largest absolute Gasteiger partial charge is 0.378 e. The lowest BCUT2D eigenvalue weighted by Gasteiger charge is -2.34. The zero-order valence-electron chi connectivity index (χ0n) is 10.9. The van der Waals surface area contributed by atoms with Crippen LogP contribution in [0.3, 0.4) is 0 Å². The molecule has 1 saturated heterocycles. The van der Waals surface area contributed by atoms with E-state index < -0.39 is 10.0 Å². The minimum absolute atomic E-state index is 0.130. The molecule has 0 N–H and O–H groups in total. The van der Waals surface area contributed by atoms with Crippen LogP contribution in [0.25, 0.3) is 0 Å². The molecule has 1 atom stereocenters. The minimum Gasteiger partial charge on any atom is -0.378 e. The van der Waals surface area contributed by atoms with Crippen LogP contribution in [0.4, 0.5) is 4.39 Å². The Kier molecular flexibility index (Phi) is 4.54. The lowest BCUT2D eigenvalue weighted by molar-refractivity contribution is 0.0321. The van der Waals surface area contributed by atoms with E-state index in [4.69, 9.17) is 4.74 Å². The van der Waals surface area contributed by atoms with Gasteiger partial charge in [-0.3, -0.25) is 0 Å². The highest BCUT2D eigenvalue weighted by molar-refractivity contribution is 7.89. The number of hydrogen-bond acceptors (Lipinski definition) is 3. The number of benzene rings is 1. The molecule has 0 aliphatic carbocycles. The first-order valence-corrected chi connectivity index (χ1v) is 7.98. The molecule has 4 nitrogen and oxygen atoms in total. The second-order valence-electron chi connectivity index (χ2n) is 4.57. The van der Waals surface area contributed by atoms with Crippen molar-refractivity contribution in [3.8, 4) is 0 Å². The summed E-state index contributed by atoms with van der Waals surface area (Å²) < 4.78 is 44.3. The monoisotopic (exact) mass is 287 g/mol. The molecule has 2 rings (SSSR count). The summed E-state index contributed by atoms with van der Waals surface area (Å²) in [5.41, 5.74) is 0.765. The Labute approximate surface area is 113 Å². The lowest BCUT2D eigenvalue weighted by Crippen LogP contribution is -2.44. The predicted octanol–water partition coefficient (Wildman–Crippen LogP) is 1.94. The number of rotatable bonds is 4. The van der Waals surface area contributed by atoms with Crippen molar-refractivity contribution in [3.63, 3.8) is 0 Å². The van der Waals surface area contributed by atoms with E-state index in [0.29, 0.717) is 26.2 Å². The first-order chi connectivity index (χ1) is 9.04. The van der Waals surface area contributed by atoms with Crippen LogP contribution in [0.2, 0.25) is 0 Å². The van der Waals surface area contributed by atoms with Crippen LogP contribution < -0.4 is 0 Å². The van der Waals surface area contributed by atoms with Crippen LogP contribution in [0.5, 0.6) is 0 Å². The van der Waals surface area contributed by atoms with Crippen molar-refractivity contribution >= 4 is 10.0 Å². The van der Waals surface area contributed by atoms with Gasteiger partial charge in [0.2, 0.25) is 10.0 Å². The predicted molar refractivity (Wildman–Crippen MR) is 70.7 cm³/mol. The highest BCUT2D eigenvalue weighted by atomic mass is 32.2. The molecule has 0 saturated carbocycles. The molecule has 106 valence electrons. The summed E-state index contributed by atoms with van der Waals surface area (Å²) in [6.45, 7) is 2.91. The van der Waals surface area contributed by atoms with Crippen LogP contribution in [0.15, 0.2) is 24.3 Å². The summed E-state index contributed by atoms with van der Waals surface area (Å²) in [4.78, 5) is 0. The quantitative estimate of drug-likeness (QED) is 0.850. The van der Waals surface area contributed by atoms with Crippen molar-refractivity contribution in [2.45, 2.75) is 19.4 Å². The van der Waals surface area contributed by atoms with Crippen molar-refractivity contribution in [3.05, 3.63) is 35.6 Å². The number of sulfonamides is 1. The van der Waals surface area contributed by atoms with Crippen LogP contribution in [0, 0.1) is 5.82 Å². The molecule has 19 heavy (non-hydrogen) atoms. The van der Waals surface area contributed by atoms with Crippen LogP contribution >= 0.6 is 0 Å². The SMILES string of the molecule is CCCS(=O)(=O)N1CCOCC1c1ccc(F)cc1.